The van der Waals surface area contributed by atoms with Crippen LogP contribution in [-0.4, -0.2) is 31.1 Å². The van der Waals surface area contributed by atoms with Crippen molar-refractivity contribution in [3.63, 3.8) is 0 Å². The van der Waals surface area contributed by atoms with Crippen LogP contribution in [0.15, 0.2) is 88.9 Å². The van der Waals surface area contributed by atoms with Crippen LogP contribution in [0.4, 0.5) is 5.69 Å². The molecule has 0 unspecified atom stereocenters. The Morgan fingerprint density at radius 3 is 2.29 bits per heavy atom. The van der Waals surface area contributed by atoms with Crippen LogP contribution in [-0.2, 0) is 19.6 Å². The van der Waals surface area contributed by atoms with Crippen LogP contribution in [0, 0.1) is 0 Å². The van der Waals surface area contributed by atoms with Gasteiger partial charge < -0.3 is 10.4 Å². The first-order valence-electron chi connectivity index (χ1n) is 9.12. The second kappa shape index (κ2) is 9.23. The van der Waals surface area contributed by atoms with Gasteiger partial charge in [0.05, 0.1) is 10.6 Å². The van der Waals surface area contributed by atoms with E-state index in [4.69, 9.17) is 5.11 Å². The first-order valence-corrected chi connectivity index (χ1v) is 10.6. The van der Waals surface area contributed by atoms with E-state index in [1.165, 1.54) is 6.07 Å². The Kier molecular flexibility index (Phi) is 6.46. The smallest absolute Gasteiger partial charge is 0.328 e. The minimum absolute atomic E-state index is 0.107. The molecule has 0 aliphatic heterocycles. The summed E-state index contributed by atoms with van der Waals surface area (Å²) in [6.07, 6.45) is 1.65. The molecule has 0 aromatic heterocycles. The lowest BCUT2D eigenvalue weighted by Gasteiger charge is -2.07. The molecule has 0 saturated carbocycles. The second-order valence-electron chi connectivity index (χ2n) is 6.54. The number of carboxylic acid groups (broad SMARTS) is 1. The molecule has 3 N–H and O–H groups in total. The second-order valence-corrected chi connectivity index (χ2v) is 8.20. The summed E-state index contributed by atoms with van der Waals surface area (Å²) in [5, 5.41) is 16.8. The highest BCUT2D eigenvalue weighted by Gasteiger charge is 2.13. The Morgan fingerprint density at radius 2 is 1.61 bits per heavy atom. The van der Waals surface area contributed by atoms with Gasteiger partial charge in [0.25, 0.3) is 10.0 Å². The maximum atomic E-state index is 12.6. The van der Waals surface area contributed by atoms with Crippen LogP contribution in [0.5, 0.6) is 0 Å². The molecule has 9 heteroatoms. The maximum Gasteiger partial charge on any atom is 0.328 e. The van der Waals surface area contributed by atoms with Crippen molar-refractivity contribution in [2.45, 2.75) is 11.8 Å². The van der Waals surface area contributed by atoms with Crippen molar-refractivity contribution in [1.29, 1.82) is 0 Å². The summed E-state index contributed by atoms with van der Waals surface area (Å²) in [7, 11) is -3.84. The average Bonchev–Trinajstić information content (AvgIpc) is 2.76. The molecule has 3 rings (SSSR count). The normalized spacial score (nSPS) is 12.1. The zero-order valence-electron chi connectivity index (χ0n) is 16.4. The number of nitrogens with one attached hydrogen (secondary N) is 2. The molecule has 0 saturated heterocycles. The molecule has 8 nitrogen and oxygen atoms in total. The number of fused-ring (bicyclic) bond motifs is 1. The first-order chi connectivity index (χ1) is 14.7. The molecule has 0 heterocycles. The minimum atomic E-state index is -3.84. The van der Waals surface area contributed by atoms with E-state index >= 15 is 0 Å². The maximum absolute atomic E-state index is 12.6. The van der Waals surface area contributed by atoms with Crippen LogP contribution < -0.4 is 10.1 Å². The predicted molar refractivity (Wildman–Crippen MR) is 118 cm³/mol. The molecule has 0 atom stereocenters. The summed E-state index contributed by atoms with van der Waals surface area (Å²) in [5.41, 5.74) is 1.52. The number of aliphatic carboxylic acids is 1. The van der Waals surface area contributed by atoms with E-state index in [-0.39, 0.29) is 4.90 Å². The van der Waals surface area contributed by atoms with Crippen LogP contribution in [0.3, 0.4) is 0 Å². The van der Waals surface area contributed by atoms with Gasteiger partial charge in [0, 0.05) is 17.8 Å². The highest BCUT2D eigenvalue weighted by Crippen LogP contribution is 2.19. The fourth-order valence-electron chi connectivity index (χ4n) is 2.71. The van der Waals surface area contributed by atoms with E-state index in [1.54, 1.807) is 43.3 Å². The van der Waals surface area contributed by atoms with Crippen LogP contribution in [0.25, 0.3) is 10.8 Å². The summed E-state index contributed by atoms with van der Waals surface area (Å²) in [6.45, 7) is 1.64. The lowest BCUT2D eigenvalue weighted by molar-refractivity contribution is -0.131. The summed E-state index contributed by atoms with van der Waals surface area (Å²) in [5.74, 6) is -1.80. The zero-order valence-corrected chi connectivity index (χ0v) is 17.3. The van der Waals surface area contributed by atoms with Crippen molar-refractivity contribution in [2.24, 2.45) is 5.10 Å². The summed E-state index contributed by atoms with van der Waals surface area (Å²) >= 11 is 0. The molecule has 3 aromatic rings. The number of carbonyl (C=O) groups excluding carboxylic acids is 1. The molecule has 3 aromatic carbocycles. The number of rotatable bonds is 7. The third kappa shape index (κ3) is 5.77. The van der Waals surface area contributed by atoms with Crippen molar-refractivity contribution in [3.8, 4) is 0 Å². The van der Waals surface area contributed by atoms with Gasteiger partial charge in [0.1, 0.15) is 0 Å². The Bertz CT molecular complexity index is 1300. The number of sulfonamides is 1. The van der Waals surface area contributed by atoms with E-state index < -0.39 is 21.9 Å². The molecule has 31 heavy (non-hydrogen) atoms. The molecule has 158 valence electrons. The average molecular weight is 437 g/mol. The Hall–Kier alpha value is -3.98. The first kappa shape index (κ1) is 21.7. The predicted octanol–water partition coefficient (Wildman–Crippen LogP) is 3.12. The summed E-state index contributed by atoms with van der Waals surface area (Å²) < 4.78 is 25.2. The van der Waals surface area contributed by atoms with Crippen LogP contribution >= 0.6 is 0 Å². The van der Waals surface area contributed by atoms with Gasteiger partial charge in [-0.15, -0.1) is 0 Å². The monoisotopic (exact) mass is 437 g/mol. The molecular weight excluding hydrogens is 418 g/mol. The van der Waals surface area contributed by atoms with E-state index in [0.717, 1.165) is 22.9 Å². The van der Waals surface area contributed by atoms with Crippen molar-refractivity contribution >= 4 is 44.1 Å². The number of hydrogen-bond donors (Lipinski definition) is 3. The Morgan fingerprint density at radius 1 is 0.935 bits per heavy atom. The van der Waals surface area contributed by atoms with Crippen molar-refractivity contribution in [3.05, 3.63) is 84.4 Å². The largest absolute Gasteiger partial charge is 0.478 e. The number of hydrazone groups is 1. The number of amides is 1. The third-order valence-electron chi connectivity index (χ3n) is 4.31. The van der Waals surface area contributed by atoms with E-state index in [0.29, 0.717) is 17.0 Å². The SMILES string of the molecule is C/C(=N\NS(=O)(=O)c1ccc2ccccc2c1)c1ccc(NC(=O)/C=C/C(=O)O)cc1. The molecule has 0 aliphatic rings. The molecule has 0 fully saturated rings. The lowest BCUT2D eigenvalue weighted by Crippen LogP contribution is -2.20. The summed E-state index contributed by atoms with van der Waals surface area (Å²) in [6, 6.07) is 18.8. The van der Waals surface area contributed by atoms with Crippen molar-refractivity contribution in [2.75, 3.05) is 5.32 Å². The van der Waals surface area contributed by atoms with Gasteiger partial charge in [0.2, 0.25) is 5.91 Å². The standard InChI is InChI=1S/C22H19N3O5S/c1-15(16-6-9-19(10-7-16)23-21(26)12-13-22(27)28)24-25-31(29,30)20-11-8-17-4-2-3-5-18(17)14-20/h2-14,25H,1H3,(H,23,26)(H,27,28)/b13-12+,24-15+. The lowest BCUT2D eigenvalue weighted by atomic mass is 10.1. The van der Waals surface area contributed by atoms with E-state index in [1.807, 2.05) is 24.3 Å². The third-order valence-corrected chi connectivity index (χ3v) is 5.52. The molecule has 1 amide bonds. The van der Waals surface area contributed by atoms with E-state index in [2.05, 4.69) is 15.2 Å². The van der Waals surface area contributed by atoms with Gasteiger partial charge in [-0.2, -0.15) is 18.4 Å². The highest BCUT2D eigenvalue weighted by molar-refractivity contribution is 7.89. The summed E-state index contributed by atoms with van der Waals surface area (Å²) in [4.78, 5) is 24.4. The Labute approximate surface area is 179 Å². The fraction of sp³-hybridized carbons (Fsp3) is 0.0455. The van der Waals surface area contributed by atoms with Gasteiger partial charge in [0.15, 0.2) is 0 Å². The molecule has 0 spiro atoms. The van der Waals surface area contributed by atoms with Gasteiger partial charge in [-0.1, -0.05) is 42.5 Å². The van der Waals surface area contributed by atoms with Crippen LogP contribution in [0.1, 0.15) is 12.5 Å². The topological polar surface area (TPSA) is 125 Å². The number of benzene rings is 3. The molecule has 0 bridgehead atoms. The zero-order chi connectivity index (χ0) is 22.4. The molecular formula is C22H19N3O5S. The fourth-order valence-corrected chi connectivity index (χ4v) is 3.60. The molecule has 0 radical (unpaired) electrons. The van der Waals surface area contributed by atoms with Crippen molar-refractivity contribution in [1.82, 2.24) is 4.83 Å². The number of carbonyl (C=O) groups is 2. The van der Waals surface area contributed by atoms with Gasteiger partial charge in [-0.3, -0.25) is 4.79 Å². The van der Waals surface area contributed by atoms with E-state index in [9.17, 15) is 18.0 Å². The van der Waals surface area contributed by atoms with Crippen molar-refractivity contribution < 1.29 is 23.1 Å². The highest BCUT2D eigenvalue weighted by atomic mass is 32.2. The number of anilines is 1. The van der Waals surface area contributed by atoms with Gasteiger partial charge in [-0.05, 0) is 47.5 Å². The number of hydrogen-bond acceptors (Lipinski definition) is 5. The molecule has 0 aliphatic carbocycles. The Balaban J connectivity index is 1.70. The quantitative estimate of drug-likeness (QED) is 0.298. The van der Waals surface area contributed by atoms with Crippen LogP contribution in [0.2, 0.25) is 0 Å². The van der Waals surface area contributed by atoms with Gasteiger partial charge in [-0.25, -0.2) is 4.79 Å². The number of carboxylic acids is 1. The minimum Gasteiger partial charge on any atom is -0.478 e. The van der Waals surface area contributed by atoms with Gasteiger partial charge >= 0.3 is 5.97 Å². The number of nitrogens with zero attached hydrogens (tertiary/aromatic N) is 1.